The number of hydrogen-bond donors (Lipinski definition) is 1. The van der Waals surface area contributed by atoms with Gasteiger partial charge in [0.2, 0.25) is 0 Å². The Morgan fingerprint density at radius 1 is 0.565 bits per heavy atom. The first-order valence-electron chi connectivity index (χ1n) is 7.27. The Balaban J connectivity index is 0.000000229. The molecule has 0 radical (unpaired) electrons. The van der Waals surface area contributed by atoms with E-state index in [0.717, 1.165) is 11.1 Å². The Morgan fingerprint density at radius 2 is 0.957 bits per heavy atom. The molecule has 0 atom stereocenters. The summed E-state index contributed by atoms with van der Waals surface area (Å²) in [5.74, 6) is 1.44. The Morgan fingerprint density at radius 3 is 1.22 bits per heavy atom. The Bertz CT molecular complexity index is 646. The van der Waals surface area contributed by atoms with Crippen molar-refractivity contribution in [3.8, 4) is 16.9 Å². The topological polar surface area (TPSA) is 20.2 Å². The summed E-state index contributed by atoms with van der Waals surface area (Å²) in [7, 11) is 0. The minimum absolute atomic E-state index is 0.322. The Labute approximate surface area is 147 Å². The molecule has 3 heteroatoms. The molecule has 0 aliphatic rings. The van der Waals surface area contributed by atoms with Crippen molar-refractivity contribution in [2.24, 2.45) is 0 Å². The van der Waals surface area contributed by atoms with Crippen LogP contribution in [0.4, 0.5) is 0 Å². The van der Waals surface area contributed by atoms with Crippen molar-refractivity contribution < 1.29 is 5.11 Å². The molecular formula is C20H18Cl2O. The number of phenolic OH excluding ortho intramolecular Hbond substituents is 1. The van der Waals surface area contributed by atoms with E-state index in [4.69, 9.17) is 28.3 Å². The van der Waals surface area contributed by atoms with E-state index in [1.54, 1.807) is 24.3 Å². The zero-order chi connectivity index (χ0) is 16.5. The van der Waals surface area contributed by atoms with Crippen molar-refractivity contribution in [2.45, 2.75) is 11.8 Å². The summed E-state index contributed by atoms with van der Waals surface area (Å²) in [6.45, 7) is 0. The molecule has 3 aromatic rings. The molecule has 0 aromatic heterocycles. The summed E-state index contributed by atoms with van der Waals surface area (Å²) < 4.78 is 0. The van der Waals surface area contributed by atoms with Crippen molar-refractivity contribution in [2.75, 3.05) is 0 Å². The first-order valence-corrected chi connectivity index (χ1v) is 8.34. The highest BCUT2D eigenvalue weighted by Crippen LogP contribution is 2.21. The summed E-state index contributed by atoms with van der Waals surface area (Å²) >= 11 is 11.5. The van der Waals surface area contributed by atoms with Crippen LogP contribution in [0.2, 0.25) is 0 Å². The van der Waals surface area contributed by atoms with Crippen LogP contribution in [0, 0.1) is 0 Å². The quantitative estimate of drug-likeness (QED) is 0.559. The van der Waals surface area contributed by atoms with E-state index in [9.17, 15) is 0 Å². The summed E-state index contributed by atoms with van der Waals surface area (Å²) in [5, 5.41) is 8.63. The highest BCUT2D eigenvalue weighted by atomic mass is 35.5. The van der Waals surface area contributed by atoms with Gasteiger partial charge in [0.25, 0.3) is 0 Å². The normalized spacial score (nSPS) is 9.83. The standard InChI is InChI=1S/C14H12Cl2.C6H6O/c15-9-11-1-5-13(6-2-11)14-7-3-12(10-16)4-8-14;7-6-4-2-1-3-5-6/h1-8H,9-10H2;1-5,7H. The average molecular weight is 345 g/mol. The Kier molecular flexibility index (Phi) is 6.99. The maximum atomic E-state index is 8.63. The molecule has 1 nitrogen and oxygen atoms in total. The zero-order valence-electron chi connectivity index (χ0n) is 12.6. The highest BCUT2D eigenvalue weighted by molar-refractivity contribution is 6.17. The van der Waals surface area contributed by atoms with Crippen LogP contribution in [0.15, 0.2) is 78.9 Å². The maximum Gasteiger partial charge on any atom is 0.115 e. The molecule has 0 aliphatic carbocycles. The van der Waals surface area contributed by atoms with E-state index in [-0.39, 0.29) is 0 Å². The molecule has 0 spiro atoms. The summed E-state index contributed by atoms with van der Waals surface area (Å²) in [6.07, 6.45) is 0. The number of para-hydroxylation sites is 1. The molecule has 0 unspecified atom stereocenters. The Hall–Kier alpha value is -1.96. The minimum Gasteiger partial charge on any atom is -0.508 e. The fraction of sp³-hybridized carbons (Fsp3) is 0.100. The third kappa shape index (κ3) is 5.63. The zero-order valence-corrected chi connectivity index (χ0v) is 14.1. The maximum absolute atomic E-state index is 8.63. The molecule has 3 aromatic carbocycles. The van der Waals surface area contributed by atoms with Crippen LogP contribution in [-0.2, 0) is 11.8 Å². The van der Waals surface area contributed by atoms with Crippen LogP contribution in [0.5, 0.6) is 5.75 Å². The molecule has 1 N–H and O–H groups in total. The third-order valence-corrected chi connectivity index (χ3v) is 3.92. The predicted molar refractivity (Wildman–Crippen MR) is 99.1 cm³/mol. The van der Waals surface area contributed by atoms with Crippen molar-refractivity contribution in [3.05, 3.63) is 90.0 Å². The molecule has 0 bridgehead atoms. The molecular weight excluding hydrogens is 327 g/mol. The fourth-order valence-electron chi connectivity index (χ4n) is 2.00. The molecule has 0 fully saturated rings. The monoisotopic (exact) mass is 344 g/mol. The first-order chi connectivity index (χ1) is 11.2. The van der Waals surface area contributed by atoms with Gasteiger partial charge in [-0.05, 0) is 34.4 Å². The lowest BCUT2D eigenvalue weighted by Crippen LogP contribution is -1.82. The number of alkyl halides is 2. The predicted octanol–water partition coefficient (Wildman–Crippen LogP) is 6.22. The van der Waals surface area contributed by atoms with E-state index in [1.165, 1.54) is 11.1 Å². The van der Waals surface area contributed by atoms with Crippen molar-refractivity contribution in [3.63, 3.8) is 0 Å². The number of hydrogen-bond acceptors (Lipinski definition) is 1. The van der Waals surface area contributed by atoms with Gasteiger partial charge in [-0.25, -0.2) is 0 Å². The van der Waals surface area contributed by atoms with E-state index < -0.39 is 0 Å². The highest BCUT2D eigenvalue weighted by Gasteiger charge is 1.98. The van der Waals surface area contributed by atoms with Crippen LogP contribution in [-0.4, -0.2) is 5.11 Å². The van der Waals surface area contributed by atoms with Gasteiger partial charge in [0.1, 0.15) is 5.75 Å². The second kappa shape index (κ2) is 9.24. The van der Waals surface area contributed by atoms with Gasteiger partial charge in [0, 0.05) is 11.8 Å². The van der Waals surface area contributed by atoms with Gasteiger partial charge < -0.3 is 5.11 Å². The number of benzene rings is 3. The molecule has 0 heterocycles. The van der Waals surface area contributed by atoms with Crippen molar-refractivity contribution in [1.29, 1.82) is 0 Å². The lowest BCUT2D eigenvalue weighted by atomic mass is 10.0. The lowest BCUT2D eigenvalue weighted by Gasteiger charge is -2.03. The largest absolute Gasteiger partial charge is 0.508 e. The number of phenols is 1. The molecule has 23 heavy (non-hydrogen) atoms. The van der Waals surface area contributed by atoms with Crippen molar-refractivity contribution in [1.82, 2.24) is 0 Å². The number of halogens is 2. The average Bonchev–Trinajstić information content (AvgIpc) is 2.63. The van der Waals surface area contributed by atoms with E-state index in [2.05, 4.69) is 48.5 Å². The molecule has 0 amide bonds. The molecule has 0 aliphatic heterocycles. The summed E-state index contributed by atoms with van der Waals surface area (Å²) in [4.78, 5) is 0. The molecule has 0 saturated heterocycles. The summed E-state index contributed by atoms with van der Waals surface area (Å²) in [6, 6.07) is 25.3. The van der Waals surface area contributed by atoms with Gasteiger partial charge in [0.05, 0.1) is 0 Å². The SMILES string of the molecule is ClCc1ccc(-c2ccc(CCl)cc2)cc1.Oc1ccccc1. The minimum atomic E-state index is 0.322. The number of rotatable bonds is 3. The smallest absolute Gasteiger partial charge is 0.115 e. The van der Waals surface area contributed by atoms with Gasteiger partial charge in [-0.1, -0.05) is 66.7 Å². The van der Waals surface area contributed by atoms with Crippen LogP contribution < -0.4 is 0 Å². The fourth-order valence-corrected chi connectivity index (χ4v) is 2.36. The third-order valence-electron chi connectivity index (χ3n) is 3.31. The van der Waals surface area contributed by atoms with Gasteiger partial charge in [-0.3, -0.25) is 0 Å². The molecule has 0 saturated carbocycles. The van der Waals surface area contributed by atoms with Gasteiger partial charge >= 0.3 is 0 Å². The van der Waals surface area contributed by atoms with E-state index >= 15 is 0 Å². The van der Waals surface area contributed by atoms with E-state index in [1.807, 2.05) is 6.07 Å². The number of aromatic hydroxyl groups is 1. The first kappa shape index (κ1) is 17.4. The van der Waals surface area contributed by atoms with Gasteiger partial charge in [-0.2, -0.15) is 0 Å². The van der Waals surface area contributed by atoms with Gasteiger partial charge in [-0.15, -0.1) is 23.2 Å². The molecule has 3 rings (SSSR count). The second-order valence-corrected chi connectivity index (χ2v) is 5.53. The lowest BCUT2D eigenvalue weighted by molar-refractivity contribution is 0.475. The van der Waals surface area contributed by atoms with Crippen LogP contribution >= 0.6 is 23.2 Å². The van der Waals surface area contributed by atoms with Crippen LogP contribution in [0.3, 0.4) is 0 Å². The van der Waals surface area contributed by atoms with E-state index in [0.29, 0.717) is 17.5 Å². The van der Waals surface area contributed by atoms with Gasteiger partial charge in [0.15, 0.2) is 0 Å². The second-order valence-electron chi connectivity index (χ2n) is 5.00. The molecule has 118 valence electrons. The summed E-state index contributed by atoms with van der Waals surface area (Å²) in [5.41, 5.74) is 4.69. The van der Waals surface area contributed by atoms with Crippen molar-refractivity contribution >= 4 is 23.2 Å². The van der Waals surface area contributed by atoms with Crippen LogP contribution in [0.25, 0.3) is 11.1 Å². The van der Waals surface area contributed by atoms with Crippen LogP contribution in [0.1, 0.15) is 11.1 Å².